The summed E-state index contributed by atoms with van der Waals surface area (Å²) in [5, 5.41) is 7.11. The lowest BCUT2D eigenvalue weighted by Gasteiger charge is -2.20. The van der Waals surface area contributed by atoms with Gasteiger partial charge in [-0.3, -0.25) is 14.4 Å². The Bertz CT molecular complexity index is 416. The zero-order valence-electron chi connectivity index (χ0n) is 11.5. The number of hydrogen-bond donors (Lipinski definition) is 1. The zero-order chi connectivity index (χ0) is 13.7. The first-order valence-corrected chi connectivity index (χ1v) is 6.97. The lowest BCUT2D eigenvalue weighted by atomic mass is 10.3. The fourth-order valence-electron chi connectivity index (χ4n) is 1.79. The summed E-state index contributed by atoms with van der Waals surface area (Å²) in [6.45, 7) is 8.89. The van der Waals surface area contributed by atoms with E-state index in [1.54, 1.807) is 7.05 Å². The summed E-state index contributed by atoms with van der Waals surface area (Å²) in [5.41, 5.74) is 2.11. The molecule has 18 heavy (non-hydrogen) atoms. The topological polar surface area (TPSA) is 50.2 Å². The van der Waals surface area contributed by atoms with Gasteiger partial charge in [-0.1, -0.05) is 6.92 Å². The summed E-state index contributed by atoms with van der Waals surface area (Å²) in [4.78, 5) is 13.5. The monoisotopic (exact) mass is 316 g/mol. The molecule has 0 spiro atoms. The van der Waals surface area contributed by atoms with E-state index < -0.39 is 0 Å². The average Bonchev–Trinajstić information content (AvgIpc) is 2.65. The smallest absolute Gasteiger partial charge is 0.233 e. The maximum absolute atomic E-state index is 11.4. The predicted molar refractivity (Wildman–Crippen MR) is 75.4 cm³/mol. The van der Waals surface area contributed by atoms with Gasteiger partial charge in [-0.2, -0.15) is 5.10 Å². The van der Waals surface area contributed by atoms with Crippen molar-refractivity contribution < 1.29 is 4.79 Å². The Hall–Kier alpha value is -0.880. The fourth-order valence-corrected chi connectivity index (χ4v) is 2.20. The molecule has 5 nitrogen and oxygen atoms in total. The van der Waals surface area contributed by atoms with Gasteiger partial charge in [0.25, 0.3) is 0 Å². The zero-order valence-corrected chi connectivity index (χ0v) is 13.0. The van der Waals surface area contributed by atoms with E-state index in [1.807, 2.05) is 11.6 Å². The standard InChI is InChI=1S/C12H21BrN4O/c1-5-16(8-11(18)14-4)7-10-12(13)9(3)15-17(10)6-2/h5-8H2,1-4H3,(H,14,18). The minimum absolute atomic E-state index is 0.0345. The maximum atomic E-state index is 11.4. The summed E-state index contributed by atoms with van der Waals surface area (Å²) < 4.78 is 3.02. The molecule has 0 bridgehead atoms. The number of nitrogens with one attached hydrogen (secondary N) is 1. The molecule has 0 aromatic carbocycles. The van der Waals surface area contributed by atoms with Crippen LogP contribution in [0.25, 0.3) is 0 Å². The molecule has 0 atom stereocenters. The second kappa shape index (κ2) is 6.89. The van der Waals surface area contributed by atoms with Crippen LogP contribution in [0.5, 0.6) is 0 Å². The normalized spacial score (nSPS) is 11.0. The molecule has 0 unspecified atom stereocenters. The Morgan fingerprint density at radius 3 is 2.67 bits per heavy atom. The Labute approximate surface area is 117 Å². The average molecular weight is 317 g/mol. The first-order chi connectivity index (χ1) is 8.53. The van der Waals surface area contributed by atoms with Crippen LogP contribution in [0.15, 0.2) is 4.47 Å². The number of aryl methyl sites for hydroxylation is 2. The molecule has 6 heteroatoms. The second-order valence-electron chi connectivity index (χ2n) is 4.14. The largest absolute Gasteiger partial charge is 0.358 e. The van der Waals surface area contributed by atoms with E-state index in [1.165, 1.54) is 0 Å². The third kappa shape index (κ3) is 3.55. The van der Waals surface area contributed by atoms with Gasteiger partial charge in [0.1, 0.15) is 0 Å². The number of hydrogen-bond acceptors (Lipinski definition) is 3. The molecule has 1 rings (SSSR count). The van der Waals surface area contributed by atoms with Gasteiger partial charge >= 0.3 is 0 Å². The Kier molecular flexibility index (Phi) is 5.81. The Morgan fingerprint density at radius 1 is 1.50 bits per heavy atom. The van der Waals surface area contributed by atoms with Gasteiger partial charge in [-0.15, -0.1) is 0 Å². The summed E-state index contributed by atoms with van der Waals surface area (Å²) >= 11 is 3.57. The van der Waals surface area contributed by atoms with Crippen molar-refractivity contribution in [1.82, 2.24) is 20.0 Å². The summed E-state index contributed by atoms with van der Waals surface area (Å²) in [5.74, 6) is 0.0345. The van der Waals surface area contributed by atoms with E-state index in [4.69, 9.17) is 0 Å². The Balaban J connectivity index is 2.84. The molecular weight excluding hydrogens is 296 g/mol. The van der Waals surface area contributed by atoms with Crippen molar-refractivity contribution in [3.05, 3.63) is 15.9 Å². The van der Waals surface area contributed by atoms with Crippen LogP contribution in [0.3, 0.4) is 0 Å². The lowest BCUT2D eigenvalue weighted by molar-refractivity contribution is -0.121. The van der Waals surface area contributed by atoms with Crippen LogP contribution in [0, 0.1) is 6.92 Å². The predicted octanol–water partition coefficient (Wildman–Crippen LogP) is 1.54. The van der Waals surface area contributed by atoms with Gasteiger partial charge in [0, 0.05) is 20.1 Å². The van der Waals surface area contributed by atoms with E-state index in [2.05, 4.69) is 45.1 Å². The number of carbonyl (C=O) groups excluding carboxylic acids is 1. The van der Waals surface area contributed by atoms with E-state index in [-0.39, 0.29) is 5.91 Å². The van der Waals surface area contributed by atoms with Crippen molar-refractivity contribution in [2.45, 2.75) is 33.9 Å². The number of amides is 1. The maximum Gasteiger partial charge on any atom is 0.233 e. The highest BCUT2D eigenvalue weighted by Crippen LogP contribution is 2.22. The van der Waals surface area contributed by atoms with Gasteiger partial charge in [-0.25, -0.2) is 0 Å². The van der Waals surface area contributed by atoms with Gasteiger partial charge in [0.05, 0.1) is 22.4 Å². The minimum atomic E-state index is 0.0345. The van der Waals surface area contributed by atoms with Gasteiger partial charge < -0.3 is 5.32 Å². The molecule has 0 radical (unpaired) electrons. The third-order valence-electron chi connectivity index (χ3n) is 2.92. The number of likely N-dealkylation sites (N-methyl/N-ethyl adjacent to an activating group) is 2. The van der Waals surface area contributed by atoms with Gasteiger partial charge in [0.15, 0.2) is 0 Å². The quantitative estimate of drug-likeness (QED) is 0.866. The van der Waals surface area contributed by atoms with Crippen LogP contribution >= 0.6 is 15.9 Å². The van der Waals surface area contributed by atoms with Crippen LogP contribution in [-0.4, -0.2) is 40.7 Å². The SMILES string of the molecule is CCN(CC(=O)NC)Cc1c(Br)c(C)nn1CC. The van der Waals surface area contributed by atoms with Crippen molar-refractivity contribution in [2.24, 2.45) is 0 Å². The molecule has 1 heterocycles. The number of carbonyl (C=O) groups is 1. The number of nitrogens with zero attached hydrogens (tertiary/aromatic N) is 3. The number of rotatable bonds is 6. The van der Waals surface area contributed by atoms with Crippen LogP contribution in [0.4, 0.5) is 0 Å². The molecule has 0 fully saturated rings. The summed E-state index contributed by atoms with van der Waals surface area (Å²) in [7, 11) is 1.66. The minimum Gasteiger partial charge on any atom is -0.358 e. The molecule has 1 aromatic heterocycles. The second-order valence-corrected chi connectivity index (χ2v) is 4.93. The lowest BCUT2D eigenvalue weighted by Crippen LogP contribution is -2.35. The van der Waals surface area contributed by atoms with Crippen LogP contribution in [-0.2, 0) is 17.9 Å². The van der Waals surface area contributed by atoms with Gasteiger partial charge in [0.2, 0.25) is 5.91 Å². The first-order valence-electron chi connectivity index (χ1n) is 6.18. The summed E-state index contributed by atoms with van der Waals surface area (Å²) in [6, 6.07) is 0. The molecule has 1 aromatic rings. The molecule has 0 aliphatic carbocycles. The molecule has 0 saturated heterocycles. The molecule has 0 aliphatic rings. The highest BCUT2D eigenvalue weighted by atomic mass is 79.9. The molecule has 1 amide bonds. The van der Waals surface area contributed by atoms with Crippen molar-refractivity contribution in [1.29, 1.82) is 0 Å². The Morgan fingerprint density at radius 2 is 2.17 bits per heavy atom. The number of aromatic nitrogens is 2. The highest BCUT2D eigenvalue weighted by Gasteiger charge is 2.16. The first kappa shape index (κ1) is 15.2. The van der Waals surface area contributed by atoms with Crippen LogP contribution < -0.4 is 5.32 Å². The fraction of sp³-hybridized carbons (Fsp3) is 0.667. The van der Waals surface area contributed by atoms with Crippen molar-refractivity contribution in [2.75, 3.05) is 20.1 Å². The van der Waals surface area contributed by atoms with Crippen molar-refractivity contribution in [3.8, 4) is 0 Å². The van der Waals surface area contributed by atoms with Crippen molar-refractivity contribution in [3.63, 3.8) is 0 Å². The number of halogens is 1. The molecule has 0 saturated carbocycles. The van der Waals surface area contributed by atoms with E-state index >= 15 is 0 Å². The van der Waals surface area contributed by atoms with E-state index in [0.29, 0.717) is 6.54 Å². The molecule has 102 valence electrons. The third-order valence-corrected chi connectivity index (χ3v) is 3.95. The molecule has 0 aliphatic heterocycles. The van der Waals surface area contributed by atoms with Crippen LogP contribution in [0.2, 0.25) is 0 Å². The van der Waals surface area contributed by atoms with E-state index in [9.17, 15) is 4.79 Å². The molecule has 1 N–H and O–H groups in total. The van der Waals surface area contributed by atoms with Crippen LogP contribution in [0.1, 0.15) is 25.2 Å². The molecular formula is C12H21BrN4O. The van der Waals surface area contributed by atoms with E-state index in [0.717, 1.165) is 35.5 Å². The van der Waals surface area contributed by atoms with Gasteiger partial charge in [-0.05, 0) is 36.3 Å². The summed E-state index contributed by atoms with van der Waals surface area (Å²) in [6.07, 6.45) is 0. The highest BCUT2D eigenvalue weighted by molar-refractivity contribution is 9.10. The van der Waals surface area contributed by atoms with Crippen molar-refractivity contribution >= 4 is 21.8 Å².